The third kappa shape index (κ3) is 3.75. The van der Waals surface area contributed by atoms with Crippen molar-refractivity contribution in [3.63, 3.8) is 0 Å². The first-order valence-electron chi connectivity index (χ1n) is 12.8. The average Bonchev–Trinajstić information content (AvgIpc) is 3.72. The Bertz CT molecular complexity index is 1380. The van der Waals surface area contributed by atoms with E-state index >= 15 is 0 Å². The van der Waals surface area contributed by atoms with E-state index in [4.69, 9.17) is 4.74 Å². The number of hydrogen-bond donors (Lipinski definition) is 1. The molecule has 6 nitrogen and oxygen atoms in total. The van der Waals surface area contributed by atoms with Crippen molar-refractivity contribution in [1.82, 2.24) is 4.90 Å². The Labute approximate surface area is 214 Å². The summed E-state index contributed by atoms with van der Waals surface area (Å²) in [5.41, 5.74) is 2.84. The number of amides is 3. The standard InChI is InChI=1S/C31H26N2O4/c34-27(17-33-30(35)28-23-14-15-24(26-16-25(23)26)29(28)31(33)36)32-20-8-12-22(13-9-20)37-21-10-6-19(7-11-21)18-4-2-1-3-5-18/h1-15,23-26,28-29H,16-17H2,(H,32,34)/t23-,24-,25-,26+,28+,29-/m1/s1. The number of rotatable bonds is 6. The van der Waals surface area contributed by atoms with Gasteiger partial charge in [0.1, 0.15) is 18.0 Å². The van der Waals surface area contributed by atoms with Crippen molar-refractivity contribution >= 4 is 23.4 Å². The maximum atomic E-state index is 13.1. The van der Waals surface area contributed by atoms with Crippen molar-refractivity contribution in [2.24, 2.45) is 35.5 Å². The molecule has 2 bridgehead atoms. The minimum Gasteiger partial charge on any atom is -0.457 e. The number of imide groups is 1. The first-order chi connectivity index (χ1) is 18.1. The van der Waals surface area contributed by atoms with Crippen LogP contribution < -0.4 is 10.1 Å². The lowest BCUT2D eigenvalue weighted by atomic mass is 9.63. The van der Waals surface area contributed by atoms with E-state index < -0.39 is 0 Å². The van der Waals surface area contributed by atoms with Gasteiger partial charge in [0.05, 0.1) is 11.8 Å². The molecule has 184 valence electrons. The van der Waals surface area contributed by atoms with Crippen LogP contribution in [0.3, 0.4) is 0 Å². The average molecular weight is 491 g/mol. The predicted octanol–water partition coefficient (Wildman–Crippen LogP) is 5.14. The number of benzene rings is 3. The van der Waals surface area contributed by atoms with E-state index in [2.05, 4.69) is 29.6 Å². The van der Waals surface area contributed by atoms with Gasteiger partial charge in [0.15, 0.2) is 0 Å². The summed E-state index contributed by atoms with van der Waals surface area (Å²) in [6, 6.07) is 25.1. The predicted molar refractivity (Wildman–Crippen MR) is 138 cm³/mol. The lowest BCUT2D eigenvalue weighted by Gasteiger charge is -2.37. The van der Waals surface area contributed by atoms with Crippen LogP contribution in [0.5, 0.6) is 11.5 Å². The summed E-state index contributed by atoms with van der Waals surface area (Å²) in [4.78, 5) is 40.1. The van der Waals surface area contributed by atoms with Crippen LogP contribution in [0, 0.1) is 35.5 Å². The van der Waals surface area contributed by atoms with E-state index in [0.29, 0.717) is 29.0 Å². The first kappa shape index (κ1) is 22.0. The quantitative estimate of drug-likeness (QED) is 0.384. The van der Waals surface area contributed by atoms with Crippen LogP contribution >= 0.6 is 0 Å². The molecule has 1 saturated heterocycles. The fraction of sp³-hybridized carbons (Fsp3) is 0.258. The Morgan fingerprint density at radius 2 is 1.30 bits per heavy atom. The smallest absolute Gasteiger partial charge is 0.244 e. The molecule has 3 amide bonds. The van der Waals surface area contributed by atoms with Crippen LogP contribution in [0.25, 0.3) is 11.1 Å². The zero-order chi connectivity index (χ0) is 25.1. The minimum atomic E-state index is -0.379. The number of likely N-dealkylation sites (tertiary alicyclic amines) is 1. The number of nitrogens with one attached hydrogen (secondary N) is 1. The number of carbonyl (C=O) groups excluding carboxylic acids is 3. The van der Waals surface area contributed by atoms with Crippen LogP contribution in [0.2, 0.25) is 0 Å². The van der Waals surface area contributed by atoms with Gasteiger partial charge in [-0.2, -0.15) is 0 Å². The van der Waals surface area contributed by atoms with Crippen molar-refractivity contribution in [2.45, 2.75) is 6.42 Å². The number of nitrogens with zero attached hydrogens (tertiary/aromatic N) is 1. The Morgan fingerprint density at radius 1 is 0.757 bits per heavy atom. The zero-order valence-electron chi connectivity index (χ0n) is 20.1. The van der Waals surface area contributed by atoms with Crippen molar-refractivity contribution in [1.29, 1.82) is 0 Å². The van der Waals surface area contributed by atoms with Crippen molar-refractivity contribution in [3.8, 4) is 22.6 Å². The van der Waals surface area contributed by atoms with Gasteiger partial charge in [-0.05, 0) is 77.6 Å². The van der Waals surface area contributed by atoms with E-state index in [-0.39, 0.29) is 47.9 Å². The molecule has 8 rings (SSSR count). The topological polar surface area (TPSA) is 75.7 Å². The van der Waals surface area contributed by atoms with Crippen molar-refractivity contribution in [2.75, 3.05) is 11.9 Å². The lowest BCUT2D eigenvalue weighted by molar-refractivity contribution is -0.142. The number of ether oxygens (including phenoxy) is 1. The summed E-state index contributed by atoms with van der Waals surface area (Å²) < 4.78 is 5.94. The summed E-state index contributed by atoms with van der Waals surface area (Å²) in [5, 5.41) is 2.81. The highest BCUT2D eigenvalue weighted by molar-refractivity contribution is 6.09. The molecule has 1 aliphatic heterocycles. The molecular weight excluding hydrogens is 464 g/mol. The van der Waals surface area contributed by atoms with Gasteiger partial charge in [-0.3, -0.25) is 19.3 Å². The third-order valence-electron chi connectivity index (χ3n) is 8.39. The van der Waals surface area contributed by atoms with E-state index in [0.717, 1.165) is 17.5 Å². The Kier molecular flexibility index (Phi) is 5.03. The molecule has 2 saturated carbocycles. The van der Waals surface area contributed by atoms with E-state index in [9.17, 15) is 14.4 Å². The molecule has 0 aromatic heterocycles. The number of anilines is 1. The molecule has 4 aliphatic carbocycles. The van der Waals surface area contributed by atoms with E-state index in [1.807, 2.05) is 42.5 Å². The van der Waals surface area contributed by atoms with Crippen LogP contribution in [-0.2, 0) is 14.4 Å². The molecule has 37 heavy (non-hydrogen) atoms. The van der Waals surface area contributed by atoms with Gasteiger partial charge in [-0.1, -0.05) is 54.6 Å². The molecule has 1 N–H and O–H groups in total. The second-order valence-electron chi connectivity index (χ2n) is 10.5. The Hall–Kier alpha value is -4.19. The largest absolute Gasteiger partial charge is 0.457 e. The molecule has 5 aliphatic rings. The van der Waals surface area contributed by atoms with Gasteiger partial charge < -0.3 is 10.1 Å². The maximum absolute atomic E-state index is 13.1. The zero-order valence-corrected chi connectivity index (χ0v) is 20.1. The SMILES string of the molecule is O=C(CN1C(=O)[C@@H]2[C@@H]3C=C[C@H]([C@H]4C[C@@H]34)[C@@H]2C1=O)Nc1ccc(Oc2ccc(-c3ccccc3)cc2)cc1. The number of carbonyl (C=O) groups is 3. The van der Waals surface area contributed by atoms with Crippen LogP contribution in [0.1, 0.15) is 6.42 Å². The van der Waals surface area contributed by atoms with E-state index in [1.165, 1.54) is 4.90 Å². The third-order valence-corrected chi connectivity index (χ3v) is 8.39. The van der Waals surface area contributed by atoms with Crippen LogP contribution in [0.4, 0.5) is 5.69 Å². The number of allylic oxidation sites excluding steroid dienone is 2. The molecule has 1 heterocycles. The molecule has 6 heteroatoms. The summed E-state index contributed by atoms with van der Waals surface area (Å²) in [6.45, 7) is -0.245. The van der Waals surface area contributed by atoms with Gasteiger partial charge in [0, 0.05) is 5.69 Å². The molecule has 6 atom stereocenters. The highest BCUT2D eigenvalue weighted by Gasteiger charge is 2.67. The summed E-state index contributed by atoms with van der Waals surface area (Å²) in [6.07, 6.45) is 5.39. The van der Waals surface area contributed by atoms with E-state index in [1.54, 1.807) is 24.3 Å². The lowest BCUT2D eigenvalue weighted by Crippen LogP contribution is -2.40. The fourth-order valence-electron chi connectivity index (χ4n) is 6.61. The highest BCUT2D eigenvalue weighted by Crippen LogP contribution is 2.65. The Balaban J connectivity index is 0.966. The normalized spacial score (nSPS) is 28.6. The first-order valence-corrected chi connectivity index (χ1v) is 12.8. The highest BCUT2D eigenvalue weighted by atomic mass is 16.5. The Morgan fingerprint density at radius 3 is 1.89 bits per heavy atom. The van der Waals surface area contributed by atoms with Gasteiger partial charge in [-0.15, -0.1) is 0 Å². The second kappa shape index (κ2) is 8.44. The summed E-state index contributed by atoms with van der Waals surface area (Å²) in [7, 11) is 0. The molecule has 0 spiro atoms. The minimum absolute atomic E-state index is 0.159. The molecule has 3 aromatic rings. The maximum Gasteiger partial charge on any atom is 0.244 e. The van der Waals surface area contributed by atoms with Gasteiger partial charge >= 0.3 is 0 Å². The second-order valence-corrected chi connectivity index (χ2v) is 10.5. The fourth-order valence-corrected chi connectivity index (χ4v) is 6.61. The number of hydrogen-bond acceptors (Lipinski definition) is 4. The molecular formula is C31H26N2O4. The summed E-state index contributed by atoms with van der Waals surface area (Å²) >= 11 is 0. The van der Waals surface area contributed by atoms with Crippen LogP contribution in [-0.4, -0.2) is 29.2 Å². The molecule has 0 radical (unpaired) electrons. The van der Waals surface area contributed by atoms with Crippen molar-refractivity contribution in [3.05, 3.63) is 91.0 Å². The molecule has 0 unspecified atom stereocenters. The van der Waals surface area contributed by atoms with Gasteiger partial charge in [-0.25, -0.2) is 0 Å². The van der Waals surface area contributed by atoms with Crippen molar-refractivity contribution < 1.29 is 19.1 Å². The van der Waals surface area contributed by atoms with Gasteiger partial charge in [0.2, 0.25) is 17.7 Å². The van der Waals surface area contributed by atoms with Crippen LogP contribution in [0.15, 0.2) is 91.0 Å². The monoisotopic (exact) mass is 490 g/mol. The van der Waals surface area contributed by atoms with Gasteiger partial charge in [0.25, 0.3) is 0 Å². The molecule has 3 fully saturated rings. The summed E-state index contributed by atoms with van der Waals surface area (Å²) in [5.74, 6) is 1.46. The molecule has 3 aromatic carbocycles.